The molecule has 4 heterocycles. The summed E-state index contributed by atoms with van der Waals surface area (Å²) < 4.78 is 16.8. The average Bonchev–Trinajstić information content (AvgIpc) is 2.80. The van der Waals surface area contributed by atoms with Crippen LogP contribution >= 0.6 is 0 Å². The number of aryl methyl sites for hydroxylation is 1. The van der Waals surface area contributed by atoms with Crippen LogP contribution in [0.3, 0.4) is 0 Å². The first-order chi connectivity index (χ1) is 15.5. The van der Waals surface area contributed by atoms with Gasteiger partial charge in [0.1, 0.15) is 11.3 Å². The SMILES string of the molecule is Cc1ccc(-c2cc3c(cc2F)ncc2ncc(=O)n(C4CCN(CC#N)CC4)c23)cn1. The van der Waals surface area contributed by atoms with Gasteiger partial charge in [0, 0.05) is 53.6 Å². The highest BCUT2D eigenvalue weighted by molar-refractivity contribution is 6.03. The van der Waals surface area contributed by atoms with Crippen LogP contribution in [0.2, 0.25) is 0 Å². The van der Waals surface area contributed by atoms with E-state index in [9.17, 15) is 9.18 Å². The second-order valence-corrected chi connectivity index (χ2v) is 8.16. The standard InChI is InChI=1S/C24H21FN6O/c1-15-2-3-16(12-27-15)18-10-19-21(11-20(18)25)28-13-22-24(19)31(23(32)14-29-22)17-4-7-30(8-5-17)9-6-26/h2-3,10-14,17H,4-5,7-9H2,1H3. The average molecular weight is 428 g/mol. The van der Waals surface area contributed by atoms with E-state index in [2.05, 4.69) is 25.9 Å². The van der Waals surface area contributed by atoms with Gasteiger partial charge in [-0.05, 0) is 31.9 Å². The fourth-order valence-corrected chi connectivity index (χ4v) is 4.48. The summed E-state index contributed by atoms with van der Waals surface area (Å²) in [4.78, 5) is 28.1. The zero-order valence-electron chi connectivity index (χ0n) is 17.6. The molecule has 1 saturated heterocycles. The summed E-state index contributed by atoms with van der Waals surface area (Å²) in [6.07, 6.45) is 6.06. The van der Waals surface area contributed by atoms with E-state index in [1.807, 2.05) is 19.1 Å². The normalized spacial score (nSPS) is 15.3. The Kier molecular flexibility index (Phi) is 5.11. The van der Waals surface area contributed by atoms with Crippen LogP contribution in [0.4, 0.5) is 4.39 Å². The zero-order valence-corrected chi connectivity index (χ0v) is 17.6. The van der Waals surface area contributed by atoms with E-state index in [1.54, 1.807) is 23.0 Å². The molecule has 1 aliphatic rings. The summed E-state index contributed by atoms with van der Waals surface area (Å²) in [5.41, 5.74) is 3.47. The summed E-state index contributed by atoms with van der Waals surface area (Å²) in [6.45, 7) is 3.75. The number of nitriles is 1. The molecule has 7 nitrogen and oxygen atoms in total. The van der Waals surface area contributed by atoms with Crippen LogP contribution in [-0.4, -0.2) is 44.1 Å². The van der Waals surface area contributed by atoms with E-state index in [1.165, 1.54) is 12.3 Å². The number of piperidine rings is 1. The summed E-state index contributed by atoms with van der Waals surface area (Å²) in [7, 11) is 0. The predicted molar refractivity (Wildman–Crippen MR) is 120 cm³/mol. The van der Waals surface area contributed by atoms with E-state index in [0.717, 1.165) is 31.6 Å². The van der Waals surface area contributed by atoms with Gasteiger partial charge in [-0.2, -0.15) is 5.26 Å². The number of hydrogen-bond acceptors (Lipinski definition) is 6. The molecule has 0 radical (unpaired) electrons. The number of benzene rings is 1. The smallest absolute Gasteiger partial charge is 0.269 e. The highest BCUT2D eigenvalue weighted by Crippen LogP contribution is 2.32. The molecule has 0 N–H and O–H groups in total. The molecule has 4 aromatic rings. The monoisotopic (exact) mass is 428 g/mol. The number of fused-ring (bicyclic) bond motifs is 3. The number of aromatic nitrogens is 4. The Morgan fingerprint density at radius 2 is 1.88 bits per heavy atom. The second-order valence-electron chi connectivity index (χ2n) is 8.16. The molecule has 0 saturated carbocycles. The Morgan fingerprint density at radius 1 is 1.09 bits per heavy atom. The lowest BCUT2D eigenvalue weighted by Crippen LogP contribution is -2.37. The lowest BCUT2D eigenvalue weighted by atomic mass is 10.0. The molecular weight excluding hydrogens is 407 g/mol. The van der Waals surface area contributed by atoms with Crippen molar-refractivity contribution < 1.29 is 4.39 Å². The first-order valence-electron chi connectivity index (χ1n) is 10.6. The Labute approximate surface area is 183 Å². The molecule has 0 amide bonds. The maximum absolute atomic E-state index is 15.0. The lowest BCUT2D eigenvalue weighted by molar-refractivity contribution is 0.205. The van der Waals surface area contributed by atoms with Gasteiger partial charge in [0.05, 0.1) is 36.0 Å². The summed E-state index contributed by atoms with van der Waals surface area (Å²) >= 11 is 0. The summed E-state index contributed by atoms with van der Waals surface area (Å²) in [5, 5.41) is 9.65. The van der Waals surface area contributed by atoms with Crippen LogP contribution in [-0.2, 0) is 0 Å². The van der Waals surface area contributed by atoms with Crippen LogP contribution in [0.5, 0.6) is 0 Å². The molecule has 0 unspecified atom stereocenters. The number of likely N-dealkylation sites (tertiary alicyclic amines) is 1. The van der Waals surface area contributed by atoms with Gasteiger partial charge in [0.25, 0.3) is 5.56 Å². The Morgan fingerprint density at radius 3 is 2.59 bits per heavy atom. The first kappa shape index (κ1) is 20.2. The number of nitrogens with zero attached hydrogens (tertiary/aromatic N) is 6. The van der Waals surface area contributed by atoms with E-state index < -0.39 is 5.82 Å². The third-order valence-electron chi connectivity index (χ3n) is 6.14. The van der Waals surface area contributed by atoms with E-state index in [-0.39, 0.29) is 11.6 Å². The zero-order chi connectivity index (χ0) is 22.2. The van der Waals surface area contributed by atoms with Gasteiger partial charge < -0.3 is 4.57 Å². The number of pyridine rings is 2. The van der Waals surface area contributed by atoms with Crippen LogP contribution in [0.25, 0.3) is 33.1 Å². The van der Waals surface area contributed by atoms with Gasteiger partial charge in [-0.15, -0.1) is 0 Å². The molecule has 0 spiro atoms. The van der Waals surface area contributed by atoms with E-state index in [4.69, 9.17) is 5.26 Å². The van der Waals surface area contributed by atoms with Crippen molar-refractivity contribution >= 4 is 21.9 Å². The molecule has 8 heteroatoms. The van der Waals surface area contributed by atoms with Crippen LogP contribution in [0.1, 0.15) is 24.6 Å². The molecule has 1 fully saturated rings. The molecular formula is C24H21FN6O. The second kappa shape index (κ2) is 8.09. The van der Waals surface area contributed by atoms with Crippen molar-refractivity contribution in [1.82, 2.24) is 24.4 Å². The number of halogens is 1. The molecule has 0 aliphatic carbocycles. The summed E-state index contributed by atoms with van der Waals surface area (Å²) in [5.74, 6) is -0.391. The molecule has 160 valence electrons. The van der Waals surface area contributed by atoms with Crippen LogP contribution in [0, 0.1) is 24.1 Å². The highest BCUT2D eigenvalue weighted by atomic mass is 19.1. The maximum Gasteiger partial charge on any atom is 0.269 e. The fraction of sp³-hybridized carbons (Fsp3) is 0.292. The number of rotatable bonds is 3. The molecule has 1 aromatic carbocycles. The Bertz CT molecular complexity index is 1420. The van der Waals surface area contributed by atoms with Crippen molar-refractivity contribution in [2.24, 2.45) is 0 Å². The van der Waals surface area contributed by atoms with Gasteiger partial charge in [-0.25, -0.2) is 9.37 Å². The minimum atomic E-state index is -0.391. The molecule has 0 bridgehead atoms. The predicted octanol–water partition coefficient (Wildman–Crippen LogP) is 3.61. The Balaban J connectivity index is 1.71. The van der Waals surface area contributed by atoms with Crippen LogP contribution < -0.4 is 5.56 Å². The van der Waals surface area contributed by atoms with Crippen molar-refractivity contribution in [3.8, 4) is 17.2 Å². The maximum atomic E-state index is 15.0. The third-order valence-corrected chi connectivity index (χ3v) is 6.14. The van der Waals surface area contributed by atoms with Crippen molar-refractivity contribution in [1.29, 1.82) is 5.26 Å². The number of hydrogen-bond donors (Lipinski definition) is 0. The topological polar surface area (TPSA) is 87.7 Å². The van der Waals surface area contributed by atoms with Crippen molar-refractivity contribution in [2.75, 3.05) is 19.6 Å². The van der Waals surface area contributed by atoms with Gasteiger partial charge >= 0.3 is 0 Å². The molecule has 5 rings (SSSR count). The molecule has 3 aromatic heterocycles. The van der Waals surface area contributed by atoms with Gasteiger partial charge in [-0.1, -0.05) is 6.07 Å². The van der Waals surface area contributed by atoms with Crippen molar-refractivity contribution in [3.63, 3.8) is 0 Å². The largest absolute Gasteiger partial charge is 0.302 e. The van der Waals surface area contributed by atoms with Gasteiger partial charge in [0.2, 0.25) is 0 Å². The van der Waals surface area contributed by atoms with E-state index in [0.29, 0.717) is 39.6 Å². The van der Waals surface area contributed by atoms with Crippen molar-refractivity contribution in [2.45, 2.75) is 25.8 Å². The molecule has 0 atom stereocenters. The molecule has 1 aliphatic heterocycles. The fourth-order valence-electron chi connectivity index (χ4n) is 4.48. The minimum Gasteiger partial charge on any atom is -0.302 e. The molecule has 32 heavy (non-hydrogen) atoms. The van der Waals surface area contributed by atoms with E-state index >= 15 is 0 Å². The third kappa shape index (κ3) is 3.51. The first-order valence-corrected chi connectivity index (χ1v) is 10.6. The van der Waals surface area contributed by atoms with Gasteiger partial charge in [0.15, 0.2) is 0 Å². The summed E-state index contributed by atoms with van der Waals surface area (Å²) in [6, 6.07) is 8.99. The quantitative estimate of drug-likeness (QED) is 0.366. The highest BCUT2D eigenvalue weighted by Gasteiger charge is 2.24. The minimum absolute atomic E-state index is 0.0249. The van der Waals surface area contributed by atoms with Gasteiger partial charge in [-0.3, -0.25) is 19.7 Å². The Hall–Kier alpha value is -3.70. The lowest BCUT2D eigenvalue weighted by Gasteiger charge is -2.32. The van der Waals surface area contributed by atoms with Crippen molar-refractivity contribution in [3.05, 3.63) is 64.7 Å². The van der Waals surface area contributed by atoms with Crippen LogP contribution in [0.15, 0.2) is 47.7 Å².